The molecule has 1 atom stereocenters. The van der Waals surface area contributed by atoms with Gasteiger partial charge in [0.25, 0.3) is 0 Å². The number of hydrogen-bond donors (Lipinski definition) is 0. The smallest absolute Gasteiger partial charge is 0.00550 e. The summed E-state index contributed by atoms with van der Waals surface area (Å²) in [7, 11) is 0. The average molecular weight is 316 g/mol. The molecule has 1 unspecified atom stereocenters. The van der Waals surface area contributed by atoms with E-state index < -0.39 is 0 Å². The van der Waals surface area contributed by atoms with Crippen LogP contribution < -0.4 is 0 Å². The molecule has 124 valence electrons. The Morgan fingerprint density at radius 3 is 2.33 bits per heavy atom. The third kappa shape index (κ3) is 2.73. The van der Waals surface area contributed by atoms with Crippen LogP contribution in [0.15, 0.2) is 48.0 Å². The molecule has 0 radical (unpaired) electrons. The third-order valence-corrected chi connectivity index (χ3v) is 6.12. The van der Waals surface area contributed by atoms with Gasteiger partial charge in [-0.1, -0.05) is 68.3 Å². The van der Waals surface area contributed by atoms with Crippen LogP contribution in [0.1, 0.15) is 56.7 Å². The molecule has 0 saturated carbocycles. The van der Waals surface area contributed by atoms with Crippen molar-refractivity contribution in [3.05, 3.63) is 64.7 Å². The normalized spacial score (nSPS) is 20.1. The molecule has 0 bridgehead atoms. The van der Waals surface area contributed by atoms with Gasteiger partial charge in [0.05, 0.1) is 0 Å². The van der Waals surface area contributed by atoms with E-state index in [1.807, 2.05) is 0 Å². The minimum absolute atomic E-state index is 0.413. The van der Waals surface area contributed by atoms with Crippen LogP contribution >= 0.6 is 0 Å². The van der Waals surface area contributed by atoms with Crippen LogP contribution in [-0.4, -0.2) is 0 Å². The number of rotatable bonds is 1. The molecule has 0 N–H and O–H groups in total. The van der Waals surface area contributed by atoms with Crippen molar-refractivity contribution in [1.82, 2.24) is 0 Å². The highest BCUT2D eigenvalue weighted by atomic mass is 14.4. The molecule has 0 saturated heterocycles. The van der Waals surface area contributed by atoms with E-state index in [0.29, 0.717) is 5.41 Å². The van der Waals surface area contributed by atoms with Crippen molar-refractivity contribution in [2.24, 2.45) is 11.3 Å². The SMILES string of the molecule is Cc1ccc(-c2ccc3c(c2)C2=C(CCC(C(C)(C)C)C2)C3)cc1. The molecule has 0 spiro atoms. The lowest BCUT2D eigenvalue weighted by atomic mass is 9.70. The van der Waals surface area contributed by atoms with Crippen LogP contribution in [0, 0.1) is 18.3 Å². The predicted molar refractivity (Wildman–Crippen MR) is 104 cm³/mol. The Balaban J connectivity index is 1.70. The van der Waals surface area contributed by atoms with Gasteiger partial charge in [-0.3, -0.25) is 0 Å². The Kier molecular flexibility index (Phi) is 3.67. The maximum Gasteiger partial charge on any atom is -0.00550 e. The number of benzene rings is 2. The van der Waals surface area contributed by atoms with Crippen molar-refractivity contribution in [1.29, 1.82) is 0 Å². The van der Waals surface area contributed by atoms with E-state index in [4.69, 9.17) is 0 Å². The maximum atomic E-state index is 2.45. The van der Waals surface area contributed by atoms with Crippen LogP contribution in [0.4, 0.5) is 0 Å². The summed E-state index contributed by atoms with van der Waals surface area (Å²) in [5.74, 6) is 0.810. The second-order valence-electron chi connectivity index (χ2n) is 8.80. The first-order valence-electron chi connectivity index (χ1n) is 9.33. The Bertz CT molecular complexity index is 797. The second-order valence-corrected chi connectivity index (χ2v) is 8.80. The molecule has 0 amide bonds. The minimum atomic E-state index is 0.413. The Hall–Kier alpha value is -1.82. The van der Waals surface area contributed by atoms with Gasteiger partial charge < -0.3 is 0 Å². The molecule has 0 fully saturated rings. The van der Waals surface area contributed by atoms with Gasteiger partial charge in [0.2, 0.25) is 0 Å². The van der Waals surface area contributed by atoms with Gasteiger partial charge in [0.1, 0.15) is 0 Å². The van der Waals surface area contributed by atoms with E-state index in [9.17, 15) is 0 Å². The molecule has 4 rings (SSSR count). The summed E-state index contributed by atoms with van der Waals surface area (Å²) < 4.78 is 0. The number of fused-ring (bicyclic) bond motifs is 2. The molecule has 0 nitrogen and oxygen atoms in total. The quantitative estimate of drug-likeness (QED) is 0.541. The zero-order chi connectivity index (χ0) is 16.9. The van der Waals surface area contributed by atoms with Crippen molar-refractivity contribution in [2.45, 2.75) is 53.4 Å². The average Bonchev–Trinajstić information content (AvgIpc) is 2.91. The highest BCUT2D eigenvalue weighted by molar-refractivity contribution is 5.81. The summed E-state index contributed by atoms with van der Waals surface area (Å²) in [5.41, 5.74) is 10.9. The Labute approximate surface area is 146 Å². The van der Waals surface area contributed by atoms with E-state index in [-0.39, 0.29) is 0 Å². The third-order valence-electron chi connectivity index (χ3n) is 6.12. The molecule has 2 aliphatic rings. The monoisotopic (exact) mass is 316 g/mol. The van der Waals surface area contributed by atoms with Gasteiger partial charge in [-0.25, -0.2) is 0 Å². The van der Waals surface area contributed by atoms with Gasteiger partial charge >= 0.3 is 0 Å². The summed E-state index contributed by atoms with van der Waals surface area (Å²) in [5, 5.41) is 0. The molecule has 0 heterocycles. The lowest BCUT2D eigenvalue weighted by Crippen LogP contribution is -2.23. The zero-order valence-electron chi connectivity index (χ0n) is 15.4. The largest absolute Gasteiger partial charge is 0.0620 e. The summed E-state index contributed by atoms with van der Waals surface area (Å²) in [6.45, 7) is 9.36. The van der Waals surface area contributed by atoms with E-state index in [0.717, 1.165) is 5.92 Å². The lowest BCUT2D eigenvalue weighted by Gasteiger charge is -2.35. The van der Waals surface area contributed by atoms with E-state index in [1.54, 1.807) is 16.7 Å². The fourth-order valence-corrected chi connectivity index (χ4v) is 4.39. The summed E-state index contributed by atoms with van der Waals surface area (Å²) >= 11 is 0. The van der Waals surface area contributed by atoms with Crippen LogP contribution in [0.5, 0.6) is 0 Å². The van der Waals surface area contributed by atoms with Gasteiger partial charge in [0.15, 0.2) is 0 Å². The van der Waals surface area contributed by atoms with Crippen molar-refractivity contribution in [2.75, 3.05) is 0 Å². The van der Waals surface area contributed by atoms with Crippen LogP contribution in [0.2, 0.25) is 0 Å². The Morgan fingerprint density at radius 1 is 0.917 bits per heavy atom. The van der Waals surface area contributed by atoms with Crippen molar-refractivity contribution in [3.8, 4) is 11.1 Å². The fraction of sp³-hybridized carbons (Fsp3) is 0.417. The molecule has 2 aliphatic carbocycles. The summed E-state index contributed by atoms with van der Waals surface area (Å²) in [4.78, 5) is 0. The zero-order valence-corrected chi connectivity index (χ0v) is 15.4. The van der Waals surface area contributed by atoms with Crippen LogP contribution in [0.3, 0.4) is 0 Å². The van der Waals surface area contributed by atoms with Gasteiger partial charge in [-0.15, -0.1) is 0 Å². The van der Waals surface area contributed by atoms with Gasteiger partial charge in [-0.05, 0) is 77.8 Å². The summed E-state index contributed by atoms with van der Waals surface area (Å²) in [6.07, 6.45) is 5.12. The standard InChI is InChI=1S/C24H28/c1-16-5-7-17(8-6-16)18-9-10-19-13-20-11-12-21(24(2,3)4)15-23(20)22(19)14-18/h5-10,14,21H,11-13,15H2,1-4H3. The molecular weight excluding hydrogens is 288 g/mol. The first kappa shape index (κ1) is 15.7. The highest BCUT2D eigenvalue weighted by Gasteiger charge is 2.33. The topological polar surface area (TPSA) is 0 Å². The molecule has 0 aromatic heterocycles. The predicted octanol–water partition coefficient (Wildman–Crippen LogP) is 6.82. The van der Waals surface area contributed by atoms with Crippen LogP contribution in [0.25, 0.3) is 16.7 Å². The van der Waals surface area contributed by atoms with E-state index in [2.05, 4.69) is 70.2 Å². The van der Waals surface area contributed by atoms with Crippen molar-refractivity contribution >= 4 is 5.57 Å². The molecule has 2 aromatic carbocycles. The molecule has 0 heteroatoms. The number of allylic oxidation sites excluding steroid dienone is 2. The molecule has 2 aromatic rings. The maximum absolute atomic E-state index is 2.45. The number of aryl methyl sites for hydroxylation is 1. The van der Waals surface area contributed by atoms with Gasteiger partial charge in [-0.2, -0.15) is 0 Å². The second kappa shape index (κ2) is 5.62. The fourth-order valence-electron chi connectivity index (χ4n) is 4.39. The van der Waals surface area contributed by atoms with Crippen LogP contribution in [-0.2, 0) is 6.42 Å². The molecular formula is C24H28. The van der Waals surface area contributed by atoms with Gasteiger partial charge in [0, 0.05) is 0 Å². The van der Waals surface area contributed by atoms with E-state index >= 15 is 0 Å². The van der Waals surface area contributed by atoms with Crippen molar-refractivity contribution < 1.29 is 0 Å². The lowest BCUT2D eigenvalue weighted by molar-refractivity contribution is 0.225. The minimum Gasteiger partial charge on any atom is -0.0620 e. The summed E-state index contributed by atoms with van der Waals surface area (Å²) in [6, 6.07) is 16.1. The first-order valence-corrected chi connectivity index (χ1v) is 9.33. The highest BCUT2D eigenvalue weighted by Crippen LogP contribution is 2.48. The van der Waals surface area contributed by atoms with E-state index in [1.165, 1.54) is 47.9 Å². The van der Waals surface area contributed by atoms with Crippen molar-refractivity contribution in [3.63, 3.8) is 0 Å². The number of hydrogen-bond acceptors (Lipinski definition) is 0. The first-order chi connectivity index (χ1) is 11.4. The molecule has 0 aliphatic heterocycles. The Morgan fingerprint density at radius 2 is 1.62 bits per heavy atom. The molecule has 24 heavy (non-hydrogen) atoms.